The molecule has 2 heteroatoms. The van der Waals surface area contributed by atoms with E-state index in [0.717, 1.165) is 6.42 Å². The lowest BCUT2D eigenvalue weighted by atomic mass is 10.1. The molecule has 2 nitrogen and oxygen atoms in total. The molecule has 0 radical (unpaired) electrons. The van der Waals surface area contributed by atoms with E-state index in [1.54, 1.807) is 0 Å². The summed E-state index contributed by atoms with van der Waals surface area (Å²) in [6.45, 7) is 5.83. The van der Waals surface area contributed by atoms with Crippen LogP contribution in [0.3, 0.4) is 0 Å². The van der Waals surface area contributed by atoms with E-state index in [0.29, 0.717) is 6.42 Å². The zero-order chi connectivity index (χ0) is 11.8. The second-order valence-electron chi connectivity index (χ2n) is 3.88. The highest BCUT2D eigenvalue weighted by molar-refractivity contribution is 5.18. The molecule has 2 unspecified atom stereocenters. The zero-order valence-corrected chi connectivity index (χ0v) is 9.69. The maximum Gasteiger partial charge on any atom is 0.0638 e. The van der Waals surface area contributed by atoms with E-state index in [9.17, 15) is 0 Å². The Morgan fingerprint density at radius 1 is 1.44 bits per heavy atom. The van der Waals surface area contributed by atoms with Crippen LogP contribution in [0.25, 0.3) is 0 Å². The zero-order valence-electron chi connectivity index (χ0n) is 9.69. The normalized spacial score (nSPS) is 13.8. The molecule has 0 fully saturated rings. The molecule has 0 bridgehead atoms. The summed E-state index contributed by atoms with van der Waals surface area (Å²) in [4.78, 5) is 0. The van der Waals surface area contributed by atoms with Crippen LogP contribution in [0, 0.1) is 11.3 Å². The van der Waals surface area contributed by atoms with Gasteiger partial charge in [0.15, 0.2) is 0 Å². The molecule has 1 aromatic carbocycles. The molecule has 16 heavy (non-hydrogen) atoms. The van der Waals surface area contributed by atoms with Crippen LogP contribution in [-0.4, -0.2) is 6.04 Å². The van der Waals surface area contributed by atoms with Gasteiger partial charge in [0.25, 0.3) is 0 Å². The van der Waals surface area contributed by atoms with Crippen molar-refractivity contribution in [2.75, 3.05) is 0 Å². The Balaban J connectivity index is 2.58. The number of hydrogen-bond donors (Lipinski definition) is 1. The van der Waals surface area contributed by atoms with Crippen molar-refractivity contribution in [2.45, 2.75) is 31.8 Å². The predicted octanol–water partition coefficient (Wildman–Crippen LogP) is 3.20. The van der Waals surface area contributed by atoms with E-state index >= 15 is 0 Å². The van der Waals surface area contributed by atoms with Crippen molar-refractivity contribution in [1.82, 2.24) is 5.32 Å². The first-order valence-corrected chi connectivity index (χ1v) is 5.56. The summed E-state index contributed by atoms with van der Waals surface area (Å²) in [5, 5.41) is 12.2. The first kappa shape index (κ1) is 12.5. The van der Waals surface area contributed by atoms with Crippen LogP contribution in [0.15, 0.2) is 43.0 Å². The van der Waals surface area contributed by atoms with E-state index in [4.69, 9.17) is 5.26 Å². The van der Waals surface area contributed by atoms with Crippen molar-refractivity contribution in [1.29, 1.82) is 5.26 Å². The first-order valence-electron chi connectivity index (χ1n) is 5.56. The lowest BCUT2D eigenvalue weighted by molar-refractivity contribution is 0.461. The number of benzene rings is 1. The number of nitriles is 1. The minimum atomic E-state index is 0.192. The van der Waals surface area contributed by atoms with Gasteiger partial charge in [0.1, 0.15) is 0 Å². The van der Waals surface area contributed by atoms with Crippen LogP contribution in [0.1, 0.15) is 31.4 Å². The SMILES string of the molecule is C=CCC(CC#N)NC(C)c1ccccc1. The lowest BCUT2D eigenvalue weighted by Gasteiger charge is -2.20. The van der Waals surface area contributed by atoms with Crippen LogP contribution in [0.5, 0.6) is 0 Å². The van der Waals surface area contributed by atoms with Gasteiger partial charge in [0, 0.05) is 12.1 Å². The van der Waals surface area contributed by atoms with Crippen LogP contribution in [-0.2, 0) is 0 Å². The second-order valence-corrected chi connectivity index (χ2v) is 3.88. The molecule has 0 saturated heterocycles. The molecule has 0 heterocycles. The molecule has 0 saturated carbocycles. The van der Waals surface area contributed by atoms with Gasteiger partial charge in [-0.1, -0.05) is 36.4 Å². The third kappa shape index (κ3) is 3.88. The van der Waals surface area contributed by atoms with Gasteiger partial charge in [0.05, 0.1) is 12.5 Å². The minimum Gasteiger partial charge on any atom is -0.306 e. The highest BCUT2D eigenvalue weighted by Gasteiger charge is 2.11. The fourth-order valence-corrected chi connectivity index (χ4v) is 1.71. The minimum absolute atomic E-state index is 0.192. The highest BCUT2D eigenvalue weighted by Crippen LogP contribution is 2.13. The van der Waals surface area contributed by atoms with Crippen LogP contribution in [0.2, 0.25) is 0 Å². The molecule has 1 N–H and O–H groups in total. The number of hydrogen-bond acceptors (Lipinski definition) is 2. The lowest BCUT2D eigenvalue weighted by Crippen LogP contribution is -2.30. The van der Waals surface area contributed by atoms with E-state index < -0.39 is 0 Å². The van der Waals surface area contributed by atoms with Crippen molar-refractivity contribution >= 4 is 0 Å². The molecule has 1 rings (SSSR count). The summed E-state index contributed by atoms with van der Waals surface area (Å²) >= 11 is 0. The van der Waals surface area contributed by atoms with E-state index in [1.807, 2.05) is 24.3 Å². The molecule has 0 aliphatic carbocycles. The Morgan fingerprint density at radius 2 is 2.12 bits per heavy atom. The number of nitrogens with one attached hydrogen (secondary N) is 1. The third-order valence-corrected chi connectivity index (χ3v) is 2.57. The predicted molar refractivity (Wildman–Crippen MR) is 66.8 cm³/mol. The standard InChI is InChI=1S/C14H18N2/c1-3-7-14(10-11-15)16-12(2)13-8-5-4-6-9-13/h3-6,8-9,12,14,16H,1,7,10H2,2H3. The molecule has 84 valence electrons. The molecule has 1 aromatic rings. The molecular formula is C14H18N2. The Bertz CT molecular complexity index is 351. The first-order chi connectivity index (χ1) is 7.77. The highest BCUT2D eigenvalue weighted by atomic mass is 14.9. The van der Waals surface area contributed by atoms with Gasteiger partial charge in [-0.05, 0) is 18.9 Å². The fraction of sp³-hybridized carbons (Fsp3) is 0.357. The Morgan fingerprint density at radius 3 is 2.69 bits per heavy atom. The average Bonchev–Trinajstić information content (AvgIpc) is 2.31. The summed E-state index contributed by atoms with van der Waals surface area (Å²) in [7, 11) is 0. The molecule has 2 atom stereocenters. The second kappa shape index (κ2) is 6.81. The van der Waals surface area contributed by atoms with Gasteiger partial charge in [-0.3, -0.25) is 0 Å². The molecular weight excluding hydrogens is 196 g/mol. The van der Waals surface area contributed by atoms with Crippen molar-refractivity contribution < 1.29 is 0 Å². The van der Waals surface area contributed by atoms with Crippen molar-refractivity contribution in [2.24, 2.45) is 0 Å². The quantitative estimate of drug-likeness (QED) is 0.738. The van der Waals surface area contributed by atoms with Gasteiger partial charge in [-0.2, -0.15) is 5.26 Å². The Labute approximate surface area is 97.6 Å². The van der Waals surface area contributed by atoms with E-state index in [1.165, 1.54) is 5.56 Å². The van der Waals surface area contributed by atoms with Crippen molar-refractivity contribution in [3.8, 4) is 6.07 Å². The smallest absolute Gasteiger partial charge is 0.0638 e. The summed E-state index contributed by atoms with van der Waals surface area (Å²) in [5.41, 5.74) is 1.24. The average molecular weight is 214 g/mol. The van der Waals surface area contributed by atoms with Crippen LogP contribution < -0.4 is 5.32 Å². The molecule has 0 aliphatic heterocycles. The van der Waals surface area contributed by atoms with Gasteiger partial charge in [-0.25, -0.2) is 0 Å². The van der Waals surface area contributed by atoms with Crippen molar-refractivity contribution in [3.05, 3.63) is 48.6 Å². The fourth-order valence-electron chi connectivity index (χ4n) is 1.71. The van der Waals surface area contributed by atoms with Gasteiger partial charge in [0.2, 0.25) is 0 Å². The van der Waals surface area contributed by atoms with Crippen molar-refractivity contribution in [3.63, 3.8) is 0 Å². The number of rotatable bonds is 6. The number of nitrogens with zero attached hydrogens (tertiary/aromatic N) is 1. The Kier molecular flexibility index (Phi) is 5.31. The van der Waals surface area contributed by atoms with Crippen LogP contribution >= 0.6 is 0 Å². The van der Waals surface area contributed by atoms with Crippen LogP contribution in [0.4, 0.5) is 0 Å². The maximum absolute atomic E-state index is 8.72. The third-order valence-electron chi connectivity index (χ3n) is 2.57. The molecule has 0 aliphatic rings. The van der Waals surface area contributed by atoms with Gasteiger partial charge >= 0.3 is 0 Å². The summed E-state index contributed by atoms with van der Waals surface area (Å²) in [6.07, 6.45) is 3.20. The largest absolute Gasteiger partial charge is 0.306 e. The molecule has 0 spiro atoms. The summed E-state index contributed by atoms with van der Waals surface area (Å²) in [6, 6.07) is 12.9. The summed E-state index contributed by atoms with van der Waals surface area (Å²) < 4.78 is 0. The summed E-state index contributed by atoms with van der Waals surface area (Å²) in [5.74, 6) is 0. The topological polar surface area (TPSA) is 35.8 Å². The van der Waals surface area contributed by atoms with E-state index in [-0.39, 0.29) is 12.1 Å². The van der Waals surface area contributed by atoms with E-state index in [2.05, 4.69) is 37.0 Å². The monoisotopic (exact) mass is 214 g/mol. The molecule has 0 aromatic heterocycles. The van der Waals surface area contributed by atoms with Gasteiger partial charge in [-0.15, -0.1) is 6.58 Å². The van der Waals surface area contributed by atoms with Gasteiger partial charge < -0.3 is 5.32 Å². The molecule has 0 amide bonds. The Hall–Kier alpha value is -1.59. The maximum atomic E-state index is 8.72.